The van der Waals surface area contributed by atoms with Crippen molar-refractivity contribution in [2.75, 3.05) is 0 Å². The minimum absolute atomic E-state index is 0.0286. The van der Waals surface area contributed by atoms with Crippen molar-refractivity contribution in [3.05, 3.63) is 107 Å². The van der Waals surface area contributed by atoms with Crippen molar-refractivity contribution in [3.63, 3.8) is 0 Å². The lowest BCUT2D eigenvalue weighted by Crippen LogP contribution is -2.03. The second kappa shape index (κ2) is 9.31. The number of carboxylic acid groups (broad SMARTS) is 1. The number of carbonyl (C=O) groups is 1. The lowest BCUT2D eigenvalue weighted by Gasteiger charge is -2.10. The van der Waals surface area contributed by atoms with Crippen LogP contribution in [0.2, 0.25) is 0 Å². The van der Waals surface area contributed by atoms with E-state index in [2.05, 4.69) is 0 Å². The zero-order valence-electron chi connectivity index (χ0n) is 16.8. The first-order valence-corrected chi connectivity index (χ1v) is 9.67. The molecule has 0 atom stereocenters. The second-order valence-corrected chi connectivity index (χ2v) is 6.98. The Labute approximate surface area is 174 Å². The molecule has 2 nitrogen and oxygen atoms in total. The normalized spacial score (nSPS) is 12.1. The number of benzene rings is 3. The van der Waals surface area contributed by atoms with E-state index >= 15 is 0 Å². The van der Waals surface area contributed by atoms with E-state index in [0.717, 1.165) is 22.3 Å². The maximum Gasteiger partial charge on any atom is 0.336 e. The Bertz CT molecular complexity index is 1130. The molecule has 30 heavy (non-hydrogen) atoms. The van der Waals surface area contributed by atoms with Crippen molar-refractivity contribution in [3.8, 4) is 11.1 Å². The number of halogens is 2. The summed E-state index contributed by atoms with van der Waals surface area (Å²) in [6, 6.07) is 18.0. The van der Waals surface area contributed by atoms with Gasteiger partial charge in [-0.05, 0) is 77.1 Å². The van der Waals surface area contributed by atoms with Gasteiger partial charge in [0.1, 0.15) is 11.6 Å². The number of aryl methyl sites for hydroxylation is 1. The van der Waals surface area contributed by atoms with Crippen molar-refractivity contribution >= 4 is 17.1 Å². The third-order valence-corrected chi connectivity index (χ3v) is 4.82. The predicted octanol–water partition coefficient (Wildman–Crippen LogP) is 6.90. The SMILES string of the molecule is CC/C=C(/C=C(/C(=O)O)c1cc(F)ccc1C)c1ccc(-c2cccc(F)c2)cc1. The monoisotopic (exact) mass is 404 g/mol. The Balaban J connectivity index is 2.03. The molecule has 0 spiro atoms. The van der Waals surface area contributed by atoms with Crippen LogP contribution in [0, 0.1) is 18.6 Å². The largest absolute Gasteiger partial charge is 0.478 e. The number of hydrogen-bond donors (Lipinski definition) is 1. The van der Waals surface area contributed by atoms with Crippen LogP contribution in [0.15, 0.2) is 78.9 Å². The molecule has 0 amide bonds. The highest BCUT2D eigenvalue weighted by molar-refractivity contribution is 6.18. The summed E-state index contributed by atoms with van der Waals surface area (Å²) in [5.41, 5.74) is 4.23. The summed E-state index contributed by atoms with van der Waals surface area (Å²) in [5, 5.41) is 9.77. The first-order chi connectivity index (χ1) is 14.4. The number of hydrogen-bond acceptors (Lipinski definition) is 1. The summed E-state index contributed by atoms with van der Waals surface area (Å²) in [5.74, 6) is -1.91. The number of rotatable bonds is 6. The minimum Gasteiger partial charge on any atom is -0.478 e. The zero-order chi connectivity index (χ0) is 21.7. The Hall–Kier alpha value is -3.53. The number of allylic oxidation sites excluding steroid dienone is 3. The van der Waals surface area contributed by atoms with Crippen LogP contribution in [-0.4, -0.2) is 11.1 Å². The van der Waals surface area contributed by atoms with Crippen molar-refractivity contribution < 1.29 is 18.7 Å². The summed E-state index contributed by atoms with van der Waals surface area (Å²) in [6.07, 6.45) is 4.20. The highest BCUT2D eigenvalue weighted by Gasteiger charge is 2.15. The van der Waals surface area contributed by atoms with E-state index < -0.39 is 11.8 Å². The van der Waals surface area contributed by atoms with Gasteiger partial charge in [0, 0.05) is 0 Å². The molecule has 4 heteroatoms. The van der Waals surface area contributed by atoms with E-state index in [1.165, 1.54) is 24.3 Å². The maximum atomic E-state index is 13.8. The van der Waals surface area contributed by atoms with E-state index in [9.17, 15) is 18.7 Å². The van der Waals surface area contributed by atoms with Gasteiger partial charge in [0.25, 0.3) is 0 Å². The van der Waals surface area contributed by atoms with E-state index in [1.807, 2.05) is 43.3 Å². The Morgan fingerprint density at radius 2 is 1.63 bits per heavy atom. The van der Waals surface area contributed by atoms with Gasteiger partial charge in [-0.1, -0.05) is 55.5 Å². The number of aliphatic carboxylic acids is 1. The van der Waals surface area contributed by atoms with E-state index in [4.69, 9.17) is 0 Å². The van der Waals surface area contributed by atoms with Gasteiger partial charge < -0.3 is 5.11 Å². The van der Waals surface area contributed by atoms with Gasteiger partial charge in [-0.2, -0.15) is 0 Å². The first-order valence-electron chi connectivity index (χ1n) is 9.67. The Kier molecular flexibility index (Phi) is 6.58. The van der Waals surface area contributed by atoms with Gasteiger partial charge in [0.2, 0.25) is 0 Å². The van der Waals surface area contributed by atoms with Gasteiger partial charge in [-0.3, -0.25) is 0 Å². The molecule has 0 aliphatic rings. The zero-order valence-corrected chi connectivity index (χ0v) is 16.8. The van der Waals surface area contributed by atoms with Gasteiger partial charge in [-0.25, -0.2) is 13.6 Å². The molecule has 0 saturated carbocycles. The topological polar surface area (TPSA) is 37.3 Å². The predicted molar refractivity (Wildman–Crippen MR) is 117 cm³/mol. The fourth-order valence-electron chi connectivity index (χ4n) is 3.30. The molecular weight excluding hydrogens is 382 g/mol. The highest BCUT2D eigenvalue weighted by atomic mass is 19.1. The summed E-state index contributed by atoms with van der Waals surface area (Å²) >= 11 is 0. The molecule has 0 radical (unpaired) electrons. The molecule has 0 aromatic heterocycles. The van der Waals surface area contributed by atoms with Crippen LogP contribution in [0.4, 0.5) is 8.78 Å². The molecule has 0 bridgehead atoms. The maximum absolute atomic E-state index is 13.8. The highest BCUT2D eigenvalue weighted by Crippen LogP contribution is 2.28. The van der Waals surface area contributed by atoms with Gasteiger partial charge >= 0.3 is 5.97 Å². The third kappa shape index (κ3) is 4.90. The average Bonchev–Trinajstić information content (AvgIpc) is 2.73. The molecule has 3 aromatic carbocycles. The van der Waals surface area contributed by atoms with Crippen LogP contribution in [0.3, 0.4) is 0 Å². The van der Waals surface area contributed by atoms with E-state index in [-0.39, 0.29) is 11.4 Å². The summed E-state index contributed by atoms with van der Waals surface area (Å²) in [4.78, 5) is 12.0. The fraction of sp³-hybridized carbons (Fsp3) is 0.115. The van der Waals surface area contributed by atoms with Crippen LogP contribution in [0.5, 0.6) is 0 Å². The first kappa shape index (κ1) is 21.2. The minimum atomic E-state index is -1.12. The van der Waals surface area contributed by atoms with Crippen LogP contribution < -0.4 is 0 Å². The van der Waals surface area contributed by atoms with Crippen molar-refractivity contribution in [1.82, 2.24) is 0 Å². The van der Waals surface area contributed by atoms with Gasteiger partial charge in [-0.15, -0.1) is 0 Å². The molecule has 0 unspecified atom stereocenters. The molecule has 0 aliphatic carbocycles. The quantitative estimate of drug-likeness (QED) is 0.358. The Morgan fingerprint density at radius 1 is 0.933 bits per heavy atom. The smallest absolute Gasteiger partial charge is 0.336 e. The molecule has 0 fully saturated rings. The van der Waals surface area contributed by atoms with Crippen molar-refractivity contribution in [2.24, 2.45) is 0 Å². The van der Waals surface area contributed by atoms with Gasteiger partial charge in [0.05, 0.1) is 5.57 Å². The second-order valence-electron chi connectivity index (χ2n) is 6.98. The van der Waals surface area contributed by atoms with Crippen LogP contribution in [-0.2, 0) is 4.79 Å². The standard InChI is InChI=1S/C26H22F2O2/c1-3-5-20(15-25(26(29)30)24-16-23(28)13-8-17(24)2)18-9-11-19(12-10-18)21-6-4-7-22(27)14-21/h4-16H,3H2,1-2H3,(H,29,30)/b20-5-,25-15+. The molecular formula is C26H22F2O2. The lowest BCUT2D eigenvalue weighted by atomic mass is 9.94. The van der Waals surface area contributed by atoms with Crippen molar-refractivity contribution in [1.29, 1.82) is 0 Å². The third-order valence-electron chi connectivity index (χ3n) is 4.82. The summed E-state index contributed by atoms with van der Waals surface area (Å²) in [6.45, 7) is 3.71. The van der Waals surface area contributed by atoms with Crippen LogP contribution in [0.1, 0.15) is 30.0 Å². The average molecular weight is 404 g/mol. The summed E-state index contributed by atoms with van der Waals surface area (Å²) < 4.78 is 27.3. The molecule has 0 heterocycles. The summed E-state index contributed by atoms with van der Waals surface area (Å²) in [7, 11) is 0. The fourth-order valence-corrected chi connectivity index (χ4v) is 3.30. The molecule has 0 aliphatic heterocycles. The molecule has 3 rings (SSSR count). The Morgan fingerprint density at radius 3 is 2.27 bits per heavy atom. The van der Waals surface area contributed by atoms with Crippen LogP contribution >= 0.6 is 0 Å². The molecule has 0 saturated heterocycles. The number of carboxylic acids is 1. The van der Waals surface area contributed by atoms with Crippen molar-refractivity contribution in [2.45, 2.75) is 20.3 Å². The lowest BCUT2D eigenvalue weighted by molar-refractivity contribution is -0.130. The van der Waals surface area contributed by atoms with E-state index in [0.29, 0.717) is 17.5 Å². The molecule has 1 N–H and O–H groups in total. The molecule has 152 valence electrons. The van der Waals surface area contributed by atoms with E-state index in [1.54, 1.807) is 25.1 Å². The van der Waals surface area contributed by atoms with Crippen LogP contribution in [0.25, 0.3) is 22.3 Å². The molecule has 3 aromatic rings. The van der Waals surface area contributed by atoms with Gasteiger partial charge in [0.15, 0.2) is 0 Å².